The molecule has 3 rings (SSSR count). The highest BCUT2D eigenvalue weighted by atomic mass is 35.5. The van der Waals surface area contributed by atoms with Crippen LogP contribution in [-0.2, 0) is 0 Å². The first-order valence-corrected chi connectivity index (χ1v) is 6.91. The lowest BCUT2D eigenvalue weighted by Gasteiger charge is -2.30. The number of ether oxygens (including phenoxy) is 2. The Bertz CT molecular complexity index is 630. The molecule has 0 radical (unpaired) electrons. The van der Waals surface area contributed by atoms with Crippen molar-refractivity contribution < 1.29 is 9.47 Å². The second-order valence-corrected chi connectivity index (χ2v) is 5.34. The Balaban J connectivity index is 1.92. The van der Waals surface area contributed by atoms with Gasteiger partial charge in [0.1, 0.15) is 17.6 Å². The molecule has 1 aliphatic rings. The smallest absolute Gasteiger partial charge is 0.126 e. The average molecular weight is 290 g/mol. The molecule has 0 saturated carbocycles. The molecule has 2 aromatic rings. The van der Waals surface area contributed by atoms with Crippen LogP contribution in [-0.4, -0.2) is 7.11 Å². The number of nitrogens with two attached hydrogens (primary N) is 1. The van der Waals surface area contributed by atoms with Gasteiger partial charge >= 0.3 is 0 Å². The van der Waals surface area contributed by atoms with E-state index >= 15 is 0 Å². The first-order chi connectivity index (χ1) is 9.67. The molecule has 0 amide bonds. The van der Waals surface area contributed by atoms with Crippen LogP contribution in [0.5, 0.6) is 11.5 Å². The topological polar surface area (TPSA) is 44.5 Å². The van der Waals surface area contributed by atoms with Gasteiger partial charge in [0.05, 0.1) is 7.11 Å². The lowest BCUT2D eigenvalue weighted by atomic mass is 9.93. The van der Waals surface area contributed by atoms with Gasteiger partial charge in [0.25, 0.3) is 0 Å². The van der Waals surface area contributed by atoms with E-state index < -0.39 is 0 Å². The van der Waals surface area contributed by atoms with Gasteiger partial charge in [-0.05, 0) is 35.9 Å². The molecule has 2 N–H and O–H groups in total. The number of halogens is 1. The maximum Gasteiger partial charge on any atom is 0.126 e. The summed E-state index contributed by atoms with van der Waals surface area (Å²) in [5.41, 5.74) is 8.28. The van der Waals surface area contributed by atoms with Crippen LogP contribution < -0.4 is 15.2 Å². The summed E-state index contributed by atoms with van der Waals surface area (Å²) in [6.45, 7) is 0. The normalized spacial score (nSPS) is 20.9. The van der Waals surface area contributed by atoms with Crippen molar-refractivity contribution in [2.45, 2.75) is 18.6 Å². The van der Waals surface area contributed by atoms with E-state index in [2.05, 4.69) is 0 Å². The lowest BCUT2D eigenvalue weighted by Crippen LogP contribution is -2.24. The molecule has 0 fully saturated rings. The van der Waals surface area contributed by atoms with Gasteiger partial charge in [0, 0.05) is 23.0 Å². The van der Waals surface area contributed by atoms with Crippen LogP contribution >= 0.6 is 11.6 Å². The summed E-state index contributed by atoms with van der Waals surface area (Å²) in [6, 6.07) is 13.4. The minimum absolute atomic E-state index is 0.0613. The second-order valence-electron chi connectivity index (χ2n) is 4.91. The second kappa shape index (κ2) is 5.35. The number of methoxy groups -OCH3 is 1. The van der Waals surface area contributed by atoms with E-state index in [0.29, 0.717) is 5.02 Å². The summed E-state index contributed by atoms with van der Waals surface area (Å²) in [7, 11) is 1.66. The molecule has 3 nitrogen and oxygen atoms in total. The highest BCUT2D eigenvalue weighted by Gasteiger charge is 2.27. The molecule has 20 heavy (non-hydrogen) atoms. The van der Waals surface area contributed by atoms with E-state index in [0.717, 1.165) is 29.0 Å². The van der Waals surface area contributed by atoms with Crippen LogP contribution in [0, 0.1) is 0 Å². The van der Waals surface area contributed by atoms with Gasteiger partial charge in [-0.25, -0.2) is 0 Å². The predicted octanol–water partition coefficient (Wildman–Crippen LogP) is 3.87. The van der Waals surface area contributed by atoms with Crippen molar-refractivity contribution >= 4 is 11.6 Å². The number of hydrogen-bond acceptors (Lipinski definition) is 3. The fourth-order valence-corrected chi connectivity index (χ4v) is 2.70. The van der Waals surface area contributed by atoms with Gasteiger partial charge in [-0.3, -0.25) is 0 Å². The SMILES string of the molecule is COc1cccc(C2C[C@H](N)c3cc(Cl)ccc3O2)c1. The predicted molar refractivity (Wildman–Crippen MR) is 79.4 cm³/mol. The molecule has 2 aromatic carbocycles. The van der Waals surface area contributed by atoms with Gasteiger partial charge in [-0.15, -0.1) is 0 Å². The molecular formula is C16H16ClNO2. The number of rotatable bonds is 2. The summed E-state index contributed by atoms with van der Waals surface area (Å²) in [6.07, 6.45) is 0.661. The molecule has 2 atom stereocenters. The Morgan fingerprint density at radius 3 is 2.90 bits per heavy atom. The molecule has 1 aliphatic heterocycles. The van der Waals surface area contributed by atoms with Gasteiger partial charge in [0.2, 0.25) is 0 Å². The molecule has 1 unspecified atom stereocenters. The Labute approximate surface area is 123 Å². The lowest BCUT2D eigenvalue weighted by molar-refractivity contribution is 0.161. The molecule has 0 saturated heterocycles. The zero-order valence-corrected chi connectivity index (χ0v) is 11.9. The molecule has 0 aromatic heterocycles. The molecule has 1 heterocycles. The molecule has 104 valence electrons. The Morgan fingerprint density at radius 2 is 2.10 bits per heavy atom. The zero-order valence-electron chi connectivity index (χ0n) is 11.2. The van der Waals surface area contributed by atoms with Gasteiger partial charge in [0.15, 0.2) is 0 Å². The van der Waals surface area contributed by atoms with E-state index in [-0.39, 0.29) is 12.1 Å². The van der Waals surface area contributed by atoms with E-state index in [4.69, 9.17) is 26.8 Å². The van der Waals surface area contributed by atoms with E-state index in [1.54, 1.807) is 7.11 Å². The average Bonchev–Trinajstić information content (AvgIpc) is 2.48. The van der Waals surface area contributed by atoms with Crippen molar-refractivity contribution in [3.05, 3.63) is 58.6 Å². The minimum Gasteiger partial charge on any atom is -0.497 e. The Morgan fingerprint density at radius 1 is 1.25 bits per heavy atom. The number of benzene rings is 2. The van der Waals surface area contributed by atoms with Crippen LogP contribution in [0.15, 0.2) is 42.5 Å². The fourth-order valence-electron chi connectivity index (χ4n) is 2.52. The summed E-state index contributed by atoms with van der Waals surface area (Å²) < 4.78 is 11.3. The maximum atomic E-state index is 6.24. The van der Waals surface area contributed by atoms with E-state index in [9.17, 15) is 0 Å². The first-order valence-electron chi connectivity index (χ1n) is 6.53. The van der Waals surface area contributed by atoms with Crippen LogP contribution in [0.3, 0.4) is 0 Å². The van der Waals surface area contributed by atoms with Gasteiger partial charge < -0.3 is 15.2 Å². The van der Waals surface area contributed by atoms with Crippen molar-refractivity contribution in [2.24, 2.45) is 5.73 Å². The van der Waals surface area contributed by atoms with Crippen LogP contribution in [0.25, 0.3) is 0 Å². The van der Waals surface area contributed by atoms with Crippen molar-refractivity contribution in [2.75, 3.05) is 7.11 Å². The quantitative estimate of drug-likeness (QED) is 0.913. The Hall–Kier alpha value is -1.71. The molecule has 4 heteroatoms. The molecular weight excluding hydrogens is 274 g/mol. The minimum atomic E-state index is -0.0753. The summed E-state index contributed by atoms with van der Waals surface area (Å²) in [5.74, 6) is 1.63. The summed E-state index contributed by atoms with van der Waals surface area (Å²) in [4.78, 5) is 0. The van der Waals surface area contributed by atoms with Crippen molar-refractivity contribution in [3.63, 3.8) is 0 Å². The van der Waals surface area contributed by atoms with Crippen LogP contribution in [0.4, 0.5) is 0 Å². The summed E-state index contributed by atoms with van der Waals surface area (Å²) >= 11 is 6.01. The van der Waals surface area contributed by atoms with Gasteiger partial charge in [-0.2, -0.15) is 0 Å². The van der Waals surface area contributed by atoms with Crippen molar-refractivity contribution in [3.8, 4) is 11.5 Å². The number of fused-ring (bicyclic) bond motifs is 1. The number of hydrogen-bond donors (Lipinski definition) is 1. The van der Waals surface area contributed by atoms with Crippen molar-refractivity contribution in [1.82, 2.24) is 0 Å². The largest absolute Gasteiger partial charge is 0.497 e. The Kier molecular flexibility index (Phi) is 3.55. The van der Waals surface area contributed by atoms with Crippen LogP contribution in [0.1, 0.15) is 29.7 Å². The van der Waals surface area contributed by atoms with Crippen LogP contribution in [0.2, 0.25) is 5.02 Å². The highest BCUT2D eigenvalue weighted by Crippen LogP contribution is 2.41. The third-order valence-corrected chi connectivity index (χ3v) is 3.81. The molecule has 0 spiro atoms. The molecule has 0 bridgehead atoms. The highest BCUT2D eigenvalue weighted by molar-refractivity contribution is 6.30. The van der Waals surface area contributed by atoms with E-state index in [1.807, 2.05) is 42.5 Å². The fraction of sp³-hybridized carbons (Fsp3) is 0.250. The van der Waals surface area contributed by atoms with Crippen molar-refractivity contribution in [1.29, 1.82) is 0 Å². The monoisotopic (exact) mass is 289 g/mol. The van der Waals surface area contributed by atoms with Gasteiger partial charge in [-0.1, -0.05) is 23.7 Å². The third-order valence-electron chi connectivity index (χ3n) is 3.57. The third kappa shape index (κ3) is 2.47. The zero-order chi connectivity index (χ0) is 14.1. The standard InChI is InChI=1S/C16H16ClNO2/c1-19-12-4-2-3-10(7-12)16-9-14(18)13-8-11(17)5-6-15(13)20-16/h2-8,14,16H,9,18H2,1H3/t14-,16?/m0/s1. The summed E-state index contributed by atoms with van der Waals surface area (Å²) in [5, 5.41) is 0.683. The maximum absolute atomic E-state index is 6.24. The molecule has 0 aliphatic carbocycles. The first kappa shape index (κ1) is 13.3. The van der Waals surface area contributed by atoms with E-state index in [1.165, 1.54) is 0 Å².